The Hall–Kier alpha value is -1.22. The third kappa shape index (κ3) is 1.92. The lowest BCUT2D eigenvalue weighted by molar-refractivity contribution is 1.07. The number of fused-ring (bicyclic) bond motifs is 1. The molecule has 68 valence electrons. The Balaban J connectivity index is 0.000000845. The van der Waals surface area contributed by atoms with Crippen LogP contribution in [0.2, 0.25) is 0 Å². The van der Waals surface area contributed by atoms with Crippen molar-refractivity contribution in [1.29, 1.82) is 0 Å². The molecule has 0 fully saturated rings. The number of H-pyrrole nitrogens is 1. The summed E-state index contributed by atoms with van der Waals surface area (Å²) in [6.45, 7) is 3.67. The van der Waals surface area contributed by atoms with Gasteiger partial charge in [0.2, 0.25) is 0 Å². The number of hydrogen-bond acceptors (Lipinski definition) is 1. The van der Waals surface area contributed by atoms with Crippen LogP contribution in [0.15, 0.2) is 36.9 Å². The summed E-state index contributed by atoms with van der Waals surface area (Å²) in [6.07, 6.45) is 2.65. The van der Waals surface area contributed by atoms with Crippen molar-refractivity contribution in [2.24, 2.45) is 0 Å². The summed E-state index contributed by atoms with van der Waals surface area (Å²) in [4.78, 5) is 7.59. The zero-order chi connectivity index (χ0) is 8.39. The highest BCUT2D eigenvalue weighted by molar-refractivity contribution is 7.59. The Labute approximate surface area is 84.1 Å². The molecule has 0 saturated heterocycles. The lowest BCUT2D eigenvalue weighted by Crippen LogP contribution is -1.81. The van der Waals surface area contributed by atoms with Crippen molar-refractivity contribution in [3.63, 3.8) is 0 Å². The molecule has 0 radical (unpaired) electrons. The second-order valence-corrected chi connectivity index (χ2v) is 2.69. The molecule has 0 aliphatic carbocycles. The van der Waals surface area contributed by atoms with Gasteiger partial charge in [-0.25, -0.2) is 4.98 Å². The summed E-state index contributed by atoms with van der Waals surface area (Å²) in [7, 11) is 0. The predicted octanol–water partition coefficient (Wildman–Crippen LogP) is 2.40. The Morgan fingerprint density at radius 2 is 2.15 bits per heavy atom. The summed E-state index contributed by atoms with van der Waals surface area (Å²) in [5, 5.41) is 0. The van der Waals surface area contributed by atoms with Crippen molar-refractivity contribution in [3.05, 3.63) is 42.7 Å². The normalized spacial score (nSPS) is 9.54. The molecule has 1 aromatic carbocycles. The van der Waals surface area contributed by atoms with Gasteiger partial charge in [-0.3, -0.25) is 0 Å². The van der Waals surface area contributed by atoms with E-state index in [9.17, 15) is 0 Å². The second-order valence-electron chi connectivity index (χ2n) is 2.69. The topological polar surface area (TPSA) is 28.7 Å². The van der Waals surface area contributed by atoms with Gasteiger partial charge in [0.1, 0.15) is 5.82 Å². The Kier molecular flexibility index (Phi) is 3.14. The first-order chi connectivity index (χ1) is 5.90. The standard InChI is InChI=1S/C10H10N2.H2S/c1-2-5-10-11-8-6-3-4-7-9(8)12-10;/h2-4,6-7H,1,5H2,(H,11,12);1H2. The highest BCUT2D eigenvalue weighted by Crippen LogP contribution is 2.10. The van der Waals surface area contributed by atoms with E-state index in [1.165, 1.54) is 0 Å². The molecule has 0 aliphatic heterocycles. The van der Waals surface area contributed by atoms with Crippen LogP contribution in [0, 0.1) is 0 Å². The van der Waals surface area contributed by atoms with Gasteiger partial charge in [0.25, 0.3) is 0 Å². The van der Waals surface area contributed by atoms with Crippen molar-refractivity contribution >= 4 is 24.5 Å². The predicted molar refractivity (Wildman–Crippen MR) is 60.4 cm³/mol. The van der Waals surface area contributed by atoms with E-state index in [1.807, 2.05) is 30.3 Å². The summed E-state index contributed by atoms with van der Waals surface area (Å²) >= 11 is 0. The lowest BCUT2D eigenvalue weighted by Gasteiger charge is -1.83. The highest BCUT2D eigenvalue weighted by Gasteiger charge is 1.97. The van der Waals surface area contributed by atoms with Gasteiger partial charge in [-0.05, 0) is 12.1 Å². The number of allylic oxidation sites excluding steroid dienone is 1. The molecule has 2 nitrogen and oxygen atoms in total. The summed E-state index contributed by atoms with van der Waals surface area (Å²) in [5.41, 5.74) is 2.11. The van der Waals surface area contributed by atoms with Crippen LogP contribution in [0.25, 0.3) is 11.0 Å². The average Bonchev–Trinajstić information content (AvgIpc) is 2.47. The molecule has 2 aromatic rings. The molecule has 0 atom stereocenters. The molecular weight excluding hydrogens is 180 g/mol. The van der Waals surface area contributed by atoms with E-state index in [-0.39, 0.29) is 13.5 Å². The van der Waals surface area contributed by atoms with Crippen molar-refractivity contribution in [2.45, 2.75) is 6.42 Å². The summed E-state index contributed by atoms with van der Waals surface area (Å²) in [6, 6.07) is 8.01. The van der Waals surface area contributed by atoms with Crippen LogP contribution in [-0.2, 0) is 6.42 Å². The van der Waals surface area contributed by atoms with E-state index in [1.54, 1.807) is 0 Å². The fraction of sp³-hybridized carbons (Fsp3) is 0.100. The van der Waals surface area contributed by atoms with E-state index >= 15 is 0 Å². The molecule has 1 aromatic heterocycles. The number of aromatic amines is 1. The number of para-hydroxylation sites is 2. The molecule has 13 heavy (non-hydrogen) atoms. The Morgan fingerprint density at radius 1 is 1.38 bits per heavy atom. The minimum absolute atomic E-state index is 0. The smallest absolute Gasteiger partial charge is 0.111 e. The SMILES string of the molecule is C=CCc1nc2ccccc2[nH]1.S. The van der Waals surface area contributed by atoms with Crippen molar-refractivity contribution in [2.75, 3.05) is 0 Å². The molecule has 1 N–H and O–H groups in total. The van der Waals surface area contributed by atoms with Gasteiger partial charge in [0.15, 0.2) is 0 Å². The first-order valence-corrected chi connectivity index (χ1v) is 3.94. The number of nitrogens with one attached hydrogen (secondary N) is 1. The Bertz CT molecular complexity index is 373. The van der Waals surface area contributed by atoms with E-state index in [4.69, 9.17) is 0 Å². The number of imidazole rings is 1. The minimum atomic E-state index is 0. The molecule has 0 saturated carbocycles. The van der Waals surface area contributed by atoms with Crippen LogP contribution >= 0.6 is 13.5 Å². The van der Waals surface area contributed by atoms with Crippen molar-refractivity contribution < 1.29 is 0 Å². The number of nitrogens with zero attached hydrogens (tertiary/aromatic N) is 1. The van der Waals surface area contributed by atoms with E-state index in [2.05, 4.69) is 16.5 Å². The van der Waals surface area contributed by atoms with Gasteiger partial charge in [-0.2, -0.15) is 13.5 Å². The monoisotopic (exact) mass is 192 g/mol. The molecule has 0 aliphatic rings. The van der Waals surface area contributed by atoms with E-state index in [0.717, 1.165) is 23.3 Å². The van der Waals surface area contributed by atoms with Crippen molar-refractivity contribution in [3.8, 4) is 0 Å². The summed E-state index contributed by atoms with van der Waals surface area (Å²) in [5.74, 6) is 0.978. The number of benzene rings is 1. The lowest BCUT2D eigenvalue weighted by atomic mass is 10.3. The van der Waals surface area contributed by atoms with Crippen LogP contribution in [0.5, 0.6) is 0 Å². The maximum Gasteiger partial charge on any atom is 0.111 e. The third-order valence-corrected chi connectivity index (χ3v) is 1.78. The molecule has 0 amide bonds. The minimum Gasteiger partial charge on any atom is -0.342 e. The maximum atomic E-state index is 4.38. The zero-order valence-corrected chi connectivity index (χ0v) is 8.25. The van der Waals surface area contributed by atoms with Crippen LogP contribution in [0.4, 0.5) is 0 Å². The number of rotatable bonds is 2. The average molecular weight is 192 g/mol. The van der Waals surface area contributed by atoms with Gasteiger partial charge >= 0.3 is 0 Å². The maximum absolute atomic E-state index is 4.38. The van der Waals surface area contributed by atoms with E-state index < -0.39 is 0 Å². The van der Waals surface area contributed by atoms with E-state index in [0.29, 0.717) is 0 Å². The van der Waals surface area contributed by atoms with Crippen molar-refractivity contribution in [1.82, 2.24) is 9.97 Å². The highest BCUT2D eigenvalue weighted by atomic mass is 32.1. The van der Waals surface area contributed by atoms with Gasteiger partial charge in [-0.1, -0.05) is 18.2 Å². The molecule has 1 heterocycles. The van der Waals surface area contributed by atoms with Gasteiger partial charge in [0.05, 0.1) is 11.0 Å². The number of hydrogen-bond donors (Lipinski definition) is 1. The first-order valence-electron chi connectivity index (χ1n) is 3.94. The van der Waals surface area contributed by atoms with Crippen LogP contribution < -0.4 is 0 Å². The van der Waals surface area contributed by atoms with Crippen LogP contribution in [-0.4, -0.2) is 9.97 Å². The van der Waals surface area contributed by atoms with Gasteiger partial charge in [-0.15, -0.1) is 6.58 Å². The quantitative estimate of drug-likeness (QED) is 0.727. The third-order valence-electron chi connectivity index (χ3n) is 1.78. The van der Waals surface area contributed by atoms with Gasteiger partial charge in [0, 0.05) is 6.42 Å². The second kappa shape index (κ2) is 4.14. The molecule has 2 rings (SSSR count). The molecule has 3 heteroatoms. The largest absolute Gasteiger partial charge is 0.342 e. The summed E-state index contributed by atoms with van der Waals surface area (Å²) < 4.78 is 0. The zero-order valence-electron chi connectivity index (χ0n) is 7.25. The molecule has 0 spiro atoms. The Morgan fingerprint density at radius 3 is 2.85 bits per heavy atom. The first kappa shape index (κ1) is 9.86. The number of aromatic nitrogens is 2. The van der Waals surface area contributed by atoms with Crippen LogP contribution in [0.3, 0.4) is 0 Å². The molecular formula is C10H12N2S. The van der Waals surface area contributed by atoms with Gasteiger partial charge < -0.3 is 4.98 Å². The fourth-order valence-corrected chi connectivity index (χ4v) is 1.24. The van der Waals surface area contributed by atoms with Crippen LogP contribution in [0.1, 0.15) is 5.82 Å². The molecule has 0 unspecified atom stereocenters. The molecule has 0 bridgehead atoms. The fourth-order valence-electron chi connectivity index (χ4n) is 1.24.